The summed E-state index contributed by atoms with van der Waals surface area (Å²) in [5.41, 5.74) is 0. The maximum atomic E-state index is 9.90. The van der Waals surface area contributed by atoms with Gasteiger partial charge in [-0.05, 0) is 6.42 Å². The summed E-state index contributed by atoms with van der Waals surface area (Å²) >= 11 is 0. The van der Waals surface area contributed by atoms with Crippen LogP contribution in [-0.4, -0.2) is 48.3 Å². The van der Waals surface area contributed by atoms with Gasteiger partial charge in [-0.25, -0.2) is 0 Å². The van der Waals surface area contributed by atoms with Gasteiger partial charge in [0.25, 0.3) is 10.1 Å². The average molecular weight is 160 g/mol. The van der Waals surface area contributed by atoms with E-state index in [1.807, 2.05) is 0 Å². The van der Waals surface area contributed by atoms with E-state index in [-0.39, 0.29) is 35.3 Å². The molecule has 9 heavy (non-hydrogen) atoms. The summed E-state index contributed by atoms with van der Waals surface area (Å²) in [5.74, 6) is -0.226. The first-order chi connectivity index (χ1) is 3.56. The molecular formula is C4H9NaO3S. The van der Waals surface area contributed by atoms with Crippen LogP contribution in [0.25, 0.3) is 0 Å². The zero-order valence-corrected chi connectivity index (χ0v) is 5.19. The van der Waals surface area contributed by atoms with Crippen molar-refractivity contribution in [2.45, 2.75) is 6.42 Å². The van der Waals surface area contributed by atoms with Gasteiger partial charge in [-0.2, -0.15) is 8.42 Å². The van der Waals surface area contributed by atoms with E-state index in [1.54, 1.807) is 0 Å². The molecule has 0 rings (SSSR count). The van der Waals surface area contributed by atoms with Crippen LogP contribution >= 0.6 is 0 Å². The molecule has 0 aromatic rings. The van der Waals surface area contributed by atoms with Gasteiger partial charge < -0.3 is 0 Å². The fourth-order valence-corrected chi connectivity index (χ4v) is 0.697. The standard InChI is InChI=1S/C4H8O3S.Na.H/c1-2-3-4-8(5,6)7;;/h2H,1,3-4H2,(H,5,6,7);;. The Kier molecular flexibility index (Phi) is 7.45. The second kappa shape index (κ2) is 5.44. The van der Waals surface area contributed by atoms with Crippen molar-refractivity contribution in [2.24, 2.45) is 0 Å². The summed E-state index contributed by atoms with van der Waals surface area (Å²) in [6.07, 6.45) is 1.74. The molecule has 3 nitrogen and oxygen atoms in total. The minimum absolute atomic E-state index is 0. The first-order valence-electron chi connectivity index (χ1n) is 2.12. The van der Waals surface area contributed by atoms with Crippen LogP contribution in [0, 0.1) is 0 Å². The third-order valence-corrected chi connectivity index (χ3v) is 1.33. The van der Waals surface area contributed by atoms with E-state index in [2.05, 4.69) is 6.58 Å². The predicted octanol–water partition coefficient (Wildman–Crippen LogP) is -0.198. The fourth-order valence-electron chi connectivity index (χ4n) is 0.232. The van der Waals surface area contributed by atoms with Crippen molar-refractivity contribution in [2.75, 3.05) is 5.75 Å². The van der Waals surface area contributed by atoms with Crippen LogP contribution in [0.15, 0.2) is 12.7 Å². The average Bonchev–Trinajstić information content (AvgIpc) is 1.59. The van der Waals surface area contributed by atoms with E-state index in [0.717, 1.165) is 0 Å². The van der Waals surface area contributed by atoms with Crippen LogP contribution < -0.4 is 0 Å². The molecule has 0 aliphatic carbocycles. The third kappa shape index (κ3) is 12.0. The van der Waals surface area contributed by atoms with Crippen LogP contribution in [0.5, 0.6) is 0 Å². The molecule has 1 N–H and O–H groups in total. The molecule has 0 aromatic carbocycles. The van der Waals surface area contributed by atoms with Crippen LogP contribution in [0.2, 0.25) is 0 Å². The number of hydrogen-bond acceptors (Lipinski definition) is 2. The van der Waals surface area contributed by atoms with Crippen molar-refractivity contribution in [3.05, 3.63) is 12.7 Å². The quantitative estimate of drug-likeness (QED) is 0.353. The topological polar surface area (TPSA) is 54.4 Å². The molecule has 0 radical (unpaired) electrons. The first kappa shape index (κ1) is 12.3. The van der Waals surface area contributed by atoms with Gasteiger partial charge in [-0.1, -0.05) is 6.08 Å². The third-order valence-electron chi connectivity index (χ3n) is 0.580. The Morgan fingerprint density at radius 2 is 2.00 bits per heavy atom. The van der Waals surface area contributed by atoms with E-state index >= 15 is 0 Å². The van der Waals surface area contributed by atoms with Crippen LogP contribution in [0.4, 0.5) is 0 Å². The van der Waals surface area contributed by atoms with Crippen LogP contribution in [0.3, 0.4) is 0 Å². The van der Waals surface area contributed by atoms with Crippen molar-refractivity contribution in [3.8, 4) is 0 Å². The molecule has 0 heterocycles. The Labute approximate surface area is 77.2 Å². The zero-order valence-electron chi connectivity index (χ0n) is 4.37. The van der Waals surface area contributed by atoms with Gasteiger partial charge in [0.2, 0.25) is 0 Å². The van der Waals surface area contributed by atoms with Gasteiger partial charge >= 0.3 is 29.6 Å². The SMILES string of the molecule is C=CCCS(=O)(=O)O.[NaH]. The molecule has 0 aromatic heterocycles. The Morgan fingerprint density at radius 3 is 2.11 bits per heavy atom. The zero-order chi connectivity index (χ0) is 6.62. The monoisotopic (exact) mass is 160 g/mol. The van der Waals surface area contributed by atoms with Crippen LogP contribution in [-0.2, 0) is 10.1 Å². The van der Waals surface area contributed by atoms with E-state index in [0.29, 0.717) is 6.42 Å². The first-order valence-corrected chi connectivity index (χ1v) is 3.73. The van der Waals surface area contributed by atoms with Gasteiger partial charge in [0.1, 0.15) is 0 Å². The van der Waals surface area contributed by atoms with Gasteiger partial charge in [0.05, 0.1) is 5.75 Å². The fraction of sp³-hybridized carbons (Fsp3) is 0.500. The van der Waals surface area contributed by atoms with Crippen molar-refractivity contribution in [1.29, 1.82) is 0 Å². The number of allylic oxidation sites excluding steroid dienone is 1. The molecule has 0 amide bonds. The molecule has 0 aliphatic heterocycles. The molecular weight excluding hydrogens is 151 g/mol. The molecule has 50 valence electrons. The Bertz CT molecular complexity index is 161. The molecule has 0 saturated carbocycles. The van der Waals surface area contributed by atoms with E-state index in [1.165, 1.54) is 6.08 Å². The van der Waals surface area contributed by atoms with Crippen molar-refractivity contribution < 1.29 is 13.0 Å². The van der Waals surface area contributed by atoms with E-state index < -0.39 is 10.1 Å². The van der Waals surface area contributed by atoms with Crippen LogP contribution in [0.1, 0.15) is 6.42 Å². The van der Waals surface area contributed by atoms with Gasteiger partial charge in [0, 0.05) is 0 Å². The molecule has 5 heteroatoms. The normalized spacial score (nSPS) is 9.89. The van der Waals surface area contributed by atoms with E-state index in [9.17, 15) is 8.42 Å². The van der Waals surface area contributed by atoms with Crippen molar-refractivity contribution >= 4 is 39.7 Å². The molecule has 0 aliphatic rings. The Morgan fingerprint density at radius 1 is 1.56 bits per heavy atom. The Hall–Kier alpha value is 0.650. The van der Waals surface area contributed by atoms with E-state index in [4.69, 9.17) is 4.55 Å². The summed E-state index contributed by atoms with van der Waals surface area (Å²) in [7, 11) is -3.76. The summed E-state index contributed by atoms with van der Waals surface area (Å²) < 4.78 is 27.9. The number of rotatable bonds is 3. The molecule has 0 unspecified atom stereocenters. The molecule has 0 spiro atoms. The molecule has 0 fully saturated rings. The summed E-state index contributed by atoms with van der Waals surface area (Å²) in [6, 6.07) is 0. The maximum absolute atomic E-state index is 9.90. The molecule has 0 atom stereocenters. The van der Waals surface area contributed by atoms with Gasteiger partial charge in [-0.15, -0.1) is 6.58 Å². The predicted molar refractivity (Wildman–Crippen MR) is 38.4 cm³/mol. The summed E-state index contributed by atoms with van der Waals surface area (Å²) in [4.78, 5) is 0. The molecule has 0 bridgehead atoms. The molecule has 0 saturated heterocycles. The second-order valence-electron chi connectivity index (χ2n) is 1.36. The van der Waals surface area contributed by atoms with Crippen molar-refractivity contribution in [1.82, 2.24) is 0 Å². The van der Waals surface area contributed by atoms with Crippen molar-refractivity contribution in [3.63, 3.8) is 0 Å². The second-order valence-corrected chi connectivity index (χ2v) is 2.94. The minimum atomic E-state index is -3.76. The van der Waals surface area contributed by atoms with Gasteiger partial charge in [-0.3, -0.25) is 4.55 Å². The number of hydrogen-bond donors (Lipinski definition) is 1. The Balaban J connectivity index is 0. The summed E-state index contributed by atoms with van der Waals surface area (Å²) in [6.45, 7) is 3.29. The van der Waals surface area contributed by atoms with Gasteiger partial charge in [0.15, 0.2) is 0 Å². The summed E-state index contributed by atoms with van der Waals surface area (Å²) in [5, 5.41) is 0.